The van der Waals surface area contributed by atoms with Gasteiger partial charge in [-0.3, -0.25) is 0 Å². The van der Waals surface area contributed by atoms with Crippen LogP contribution in [-0.2, 0) is 10.0 Å². The zero-order chi connectivity index (χ0) is 17.0. The minimum absolute atomic E-state index is 0.202. The van der Waals surface area contributed by atoms with Crippen molar-refractivity contribution in [2.24, 2.45) is 5.92 Å². The molecule has 2 rings (SSSR count). The molecule has 0 heterocycles. The first-order chi connectivity index (χ1) is 10.9. The summed E-state index contributed by atoms with van der Waals surface area (Å²) in [5, 5.41) is 0. The van der Waals surface area contributed by atoms with Gasteiger partial charge in [0.05, 0.1) is 14.2 Å². The molecule has 5 nitrogen and oxygen atoms in total. The minimum atomic E-state index is -3.58. The Hall–Kier alpha value is -0.790. The van der Waals surface area contributed by atoms with E-state index >= 15 is 0 Å². The molecule has 1 fully saturated rings. The van der Waals surface area contributed by atoms with Crippen LogP contribution in [0.25, 0.3) is 0 Å². The number of halogens is 1. The second kappa shape index (κ2) is 7.85. The lowest BCUT2D eigenvalue weighted by atomic mass is 9.89. The smallest absolute Gasteiger partial charge is 0.244 e. The van der Waals surface area contributed by atoms with Crippen molar-refractivity contribution in [1.29, 1.82) is 0 Å². The molecule has 0 amide bonds. The molecule has 1 saturated carbocycles. The van der Waals surface area contributed by atoms with Gasteiger partial charge in [-0.2, -0.15) is 0 Å². The van der Waals surface area contributed by atoms with Gasteiger partial charge in [-0.1, -0.05) is 19.3 Å². The van der Waals surface area contributed by atoms with Gasteiger partial charge in [-0.05, 0) is 40.8 Å². The van der Waals surface area contributed by atoms with Crippen molar-refractivity contribution >= 4 is 26.0 Å². The fourth-order valence-corrected chi connectivity index (χ4v) is 5.27. The average Bonchev–Trinajstić information content (AvgIpc) is 2.55. The van der Waals surface area contributed by atoms with E-state index in [-0.39, 0.29) is 4.90 Å². The van der Waals surface area contributed by atoms with Crippen molar-refractivity contribution in [1.82, 2.24) is 4.31 Å². The Kier molecular flexibility index (Phi) is 6.33. The molecule has 0 aliphatic heterocycles. The lowest BCUT2D eigenvalue weighted by Gasteiger charge is -2.27. The molecule has 23 heavy (non-hydrogen) atoms. The number of nitrogens with zero attached hydrogens (tertiary/aromatic N) is 1. The summed E-state index contributed by atoms with van der Waals surface area (Å²) in [6, 6.07) is 3.13. The van der Waals surface area contributed by atoms with Crippen LogP contribution in [0.3, 0.4) is 0 Å². The van der Waals surface area contributed by atoms with Crippen LogP contribution < -0.4 is 9.47 Å². The molecule has 0 saturated heterocycles. The van der Waals surface area contributed by atoms with Crippen LogP contribution in [0.5, 0.6) is 11.5 Å². The van der Waals surface area contributed by atoms with Crippen molar-refractivity contribution in [3.63, 3.8) is 0 Å². The summed E-state index contributed by atoms with van der Waals surface area (Å²) in [5.41, 5.74) is 0. The average molecular weight is 406 g/mol. The van der Waals surface area contributed by atoms with Gasteiger partial charge >= 0.3 is 0 Å². The predicted molar refractivity (Wildman–Crippen MR) is 93.6 cm³/mol. The minimum Gasteiger partial charge on any atom is -0.493 e. The van der Waals surface area contributed by atoms with Gasteiger partial charge in [-0.25, -0.2) is 12.7 Å². The van der Waals surface area contributed by atoms with Crippen molar-refractivity contribution in [3.05, 3.63) is 16.6 Å². The fourth-order valence-electron chi connectivity index (χ4n) is 3.03. The second-order valence-electron chi connectivity index (χ2n) is 5.93. The van der Waals surface area contributed by atoms with E-state index in [0.717, 1.165) is 12.8 Å². The number of rotatable bonds is 6. The maximum atomic E-state index is 12.9. The van der Waals surface area contributed by atoms with Crippen molar-refractivity contribution in [2.45, 2.75) is 37.0 Å². The van der Waals surface area contributed by atoms with Crippen molar-refractivity contribution < 1.29 is 17.9 Å². The highest BCUT2D eigenvalue weighted by atomic mass is 79.9. The van der Waals surface area contributed by atoms with Gasteiger partial charge in [0.15, 0.2) is 11.5 Å². The van der Waals surface area contributed by atoms with Gasteiger partial charge in [0.25, 0.3) is 0 Å². The number of hydrogen-bond acceptors (Lipinski definition) is 4. The normalized spacial score (nSPS) is 16.6. The second-order valence-corrected chi connectivity index (χ2v) is 8.79. The van der Waals surface area contributed by atoms with Crippen LogP contribution >= 0.6 is 15.9 Å². The maximum absolute atomic E-state index is 12.9. The van der Waals surface area contributed by atoms with E-state index < -0.39 is 10.0 Å². The van der Waals surface area contributed by atoms with Crippen molar-refractivity contribution in [3.8, 4) is 11.5 Å². The highest BCUT2D eigenvalue weighted by Gasteiger charge is 2.28. The first-order valence-corrected chi connectivity index (χ1v) is 10.0. The zero-order valence-corrected chi connectivity index (χ0v) is 16.2. The molecule has 1 aliphatic rings. The number of hydrogen-bond donors (Lipinski definition) is 0. The number of sulfonamides is 1. The van der Waals surface area contributed by atoms with Crippen LogP contribution in [0, 0.1) is 5.92 Å². The molecule has 7 heteroatoms. The molecule has 0 radical (unpaired) electrons. The summed E-state index contributed by atoms with van der Waals surface area (Å²) >= 11 is 3.34. The number of benzene rings is 1. The molecule has 0 aromatic heterocycles. The highest BCUT2D eigenvalue weighted by Crippen LogP contribution is 2.37. The Bertz CT molecular complexity index is 642. The molecule has 1 aromatic carbocycles. The van der Waals surface area contributed by atoms with Crippen molar-refractivity contribution in [2.75, 3.05) is 27.8 Å². The quantitative estimate of drug-likeness (QED) is 0.724. The molecular weight excluding hydrogens is 382 g/mol. The summed E-state index contributed by atoms with van der Waals surface area (Å²) in [5.74, 6) is 1.34. The highest BCUT2D eigenvalue weighted by molar-refractivity contribution is 9.10. The van der Waals surface area contributed by atoms with Crippen LogP contribution in [0.1, 0.15) is 32.1 Å². The van der Waals surface area contributed by atoms with Gasteiger partial charge < -0.3 is 9.47 Å². The van der Waals surface area contributed by atoms with Gasteiger partial charge in [0, 0.05) is 24.1 Å². The molecule has 0 spiro atoms. The van der Waals surface area contributed by atoms with Crippen LogP contribution in [0.15, 0.2) is 21.5 Å². The number of ether oxygens (including phenoxy) is 2. The maximum Gasteiger partial charge on any atom is 0.244 e. The third-order valence-corrected chi connectivity index (χ3v) is 7.15. The van der Waals surface area contributed by atoms with Gasteiger partial charge in [0.1, 0.15) is 4.90 Å². The van der Waals surface area contributed by atoms with Crippen LogP contribution in [0.2, 0.25) is 0 Å². The molecule has 1 aliphatic carbocycles. The zero-order valence-electron chi connectivity index (χ0n) is 13.8. The molecule has 0 atom stereocenters. The fraction of sp³-hybridized carbons (Fsp3) is 0.625. The Morgan fingerprint density at radius 2 is 1.70 bits per heavy atom. The number of methoxy groups -OCH3 is 2. The molecule has 0 N–H and O–H groups in total. The van der Waals surface area contributed by atoms with E-state index in [9.17, 15) is 8.42 Å². The van der Waals surface area contributed by atoms with E-state index in [0.29, 0.717) is 28.4 Å². The molecule has 130 valence electrons. The van der Waals surface area contributed by atoms with Gasteiger partial charge in [0.2, 0.25) is 10.0 Å². The predicted octanol–water partition coefficient (Wildman–Crippen LogP) is 3.67. The molecule has 0 bridgehead atoms. The summed E-state index contributed by atoms with van der Waals surface area (Å²) in [4.78, 5) is 0.202. The van der Waals surface area contributed by atoms with E-state index in [1.807, 2.05) is 0 Å². The van der Waals surface area contributed by atoms with Crippen LogP contribution in [-0.4, -0.2) is 40.5 Å². The standard InChI is InChI=1S/C16H24BrNO4S/c1-18(11-12-7-5-4-6-8-12)23(19,20)16-10-15(22-3)14(21-2)9-13(16)17/h9-10,12H,4-8,11H2,1-3H3. The third kappa shape index (κ3) is 4.19. The Morgan fingerprint density at radius 3 is 2.26 bits per heavy atom. The lowest BCUT2D eigenvalue weighted by molar-refractivity contribution is 0.300. The summed E-state index contributed by atoms with van der Waals surface area (Å²) < 4.78 is 38.2. The first-order valence-electron chi connectivity index (χ1n) is 7.78. The SMILES string of the molecule is COc1cc(Br)c(S(=O)(=O)N(C)CC2CCCCC2)cc1OC. The lowest BCUT2D eigenvalue weighted by Crippen LogP contribution is -2.33. The van der Waals surface area contributed by atoms with Gasteiger partial charge in [-0.15, -0.1) is 0 Å². The Balaban J connectivity index is 2.27. The third-order valence-electron chi connectivity index (χ3n) is 4.37. The Labute approximate surface area is 147 Å². The topological polar surface area (TPSA) is 55.8 Å². The van der Waals surface area contributed by atoms with E-state index in [4.69, 9.17) is 9.47 Å². The first kappa shape index (κ1) is 18.5. The molecule has 1 aromatic rings. The van der Waals surface area contributed by atoms with Crippen LogP contribution in [0.4, 0.5) is 0 Å². The summed E-state index contributed by atoms with van der Waals surface area (Å²) in [6.45, 7) is 0.559. The van der Waals surface area contributed by atoms with E-state index in [1.54, 1.807) is 13.1 Å². The monoisotopic (exact) mass is 405 g/mol. The van der Waals surface area contributed by atoms with E-state index in [1.165, 1.54) is 43.9 Å². The summed E-state index contributed by atoms with van der Waals surface area (Å²) in [6.07, 6.45) is 5.85. The molecular formula is C16H24BrNO4S. The molecule has 0 unspecified atom stereocenters. The summed E-state index contributed by atoms with van der Waals surface area (Å²) in [7, 11) is 1.09. The van der Waals surface area contributed by atoms with E-state index in [2.05, 4.69) is 15.9 Å². The largest absolute Gasteiger partial charge is 0.493 e. The Morgan fingerprint density at radius 1 is 1.13 bits per heavy atom.